The van der Waals surface area contributed by atoms with E-state index in [0.717, 1.165) is 6.07 Å². The number of carbonyl (C=O) groups excluding carboxylic acids is 2. The van der Waals surface area contributed by atoms with Gasteiger partial charge in [0.05, 0.1) is 12.2 Å². The predicted octanol–water partition coefficient (Wildman–Crippen LogP) is 2.02. The molecule has 2 N–H and O–H groups in total. The number of nitrogens with one attached hydrogen (secondary N) is 2. The molecule has 0 saturated heterocycles. The second kappa shape index (κ2) is 7.16. The monoisotopic (exact) mass is 343 g/mol. The van der Waals surface area contributed by atoms with Crippen LogP contribution in [-0.4, -0.2) is 35.6 Å². The largest absolute Gasteiger partial charge is 0.405 e. The van der Waals surface area contributed by atoms with Gasteiger partial charge in [-0.15, -0.1) is 0 Å². The lowest BCUT2D eigenvalue weighted by Gasteiger charge is -2.10. The molecule has 1 aromatic carbocycles. The number of alkyl halides is 3. The second-order valence-electron chi connectivity index (χ2n) is 4.83. The highest BCUT2D eigenvalue weighted by atomic mass is 19.4. The lowest BCUT2D eigenvalue weighted by atomic mass is 10.2. The van der Waals surface area contributed by atoms with Crippen molar-refractivity contribution in [2.45, 2.75) is 6.18 Å². The molecule has 0 atom stereocenters. The van der Waals surface area contributed by atoms with E-state index in [0.29, 0.717) is 0 Å². The molecule has 0 unspecified atom stereocenters. The molecule has 0 aliphatic carbocycles. The predicted molar refractivity (Wildman–Crippen MR) is 77.1 cm³/mol. The molecule has 0 spiro atoms. The Labute approximate surface area is 134 Å². The molecule has 0 fully saturated rings. The number of benzene rings is 1. The average molecular weight is 343 g/mol. The summed E-state index contributed by atoms with van der Waals surface area (Å²) in [5.41, 5.74) is 0.187. The van der Waals surface area contributed by atoms with E-state index >= 15 is 0 Å². The van der Waals surface area contributed by atoms with Crippen LogP contribution in [0, 0.1) is 5.82 Å². The van der Waals surface area contributed by atoms with Gasteiger partial charge in [0.15, 0.2) is 0 Å². The lowest BCUT2D eigenvalue weighted by molar-refractivity contribution is -0.137. The van der Waals surface area contributed by atoms with Crippen molar-refractivity contribution >= 4 is 11.8 Å². The van der Waals surface area contributed by atoms with Crippen LogP contribution in [0.25, 0.3) is 5.69 Å². The van der Waals surface area contributed by atoms with Crippen LogP contribution >= 0.6 is 0 Å². The molecule has 24 heavy (non-hydrogen) atoms. The molecule has 2 rings (SSSR count). The van der Waals surface area contributed by atoms with Gasteiger partial charge in [-0.3, -0.25) is 9.59 Å². The number of aromatic nitrogens is 1. The van der Waals surface area contributed by atoms with Crippen LogP contribution < -0.4 is 10.6 Å². The van der Waals surface area contributed by atoms with E-state index in [1.807, 2.05) is 0 Å². The van der Waals surface area contributed by atoms with E-state index in [-0.39, 0.29) is 11.3 Å². The Kier molecular flexibility index (Phi) is 5.22. The highest BCUT2D eigenvalue weighted by molar-refractivity contribution is 5.96. The standard InChI is InChI=1S/C15H13F4N3O2/c16-11-7-10(3-4-12(11)22-5-1-2-6-22)14(24)20-8-13(23)21-9-15(17,18)19/h1-7H,8-9H2,(H,20,24)(H,21,23). The topological polar surface area (TPSA) is 63.1 Å². The fraction of sp³-hybridized carbons (Fsp3) is 0.200. The van der Waals surface area contributed by atoms with E-state index in [4.69, 9.17) is 0 Å². The number of halogens is 4. The van der Waals surface area contributed by atoms with Crippen LogP contribution in [-0.2, 0) is 4.79 Å². The quantitative estimate of drug-likeness (QED) is 0.816. The Bertz CT molecular complexity index is 727. The molecular weight excluding hydrogens is 330 g/mol. The van der Waals surface area contributed by atoms with Crippen LogP contribution in [0.5, 0.6) is 0 Å². The molecule has 1 aromatic heterocycles. The summed E-state index contributed by atoms with van der Waals surface area (Å²) < 4.78 is 51.3. The highest BCUT2D eigenvalue weighted by Gasteiger charge is 2.27. The van der Waals surface area contributed by atoms with Gasteiger partial charge >= 0.3 is 6.18 Å². The van der Waals surface area contributed by atoms with Crippen molar-refractivity contribution in [3.63, 3.8) is 0 Å². The Morgan fingerprint density at radius 1 is 1.08 bits per heavy atom. The first-order valence-corrected chi connectivity index (χ1v) is 6.81. The Morgan fingerprint density at radius 2 is 1.75 bits per heavy atom. The van der Waals surface area contributed by atoms with Gasteiger partial charge in [-0.2, -0.15) is 13.2 Å². The van der Waals surface area contributed by atoms with Gasteiger partial charge in [0.25, 0.3) is 5.91 Å². The molecule has 9 heteroatoms. The van der Waals surface area contributed by atoms with Gasteiger partial charge in [0.2, 0.25) is 5.91 Å². The normalized spacial score (nSPS) is 11.2. The first kappa shape index (κ1) is 17.5. The number of nitrogens with zero attached hydrogens (tertiary/aromatic N) is 1. The summed E-state index contributed by atoms with van der Waals surface area (Å²) in [5, 5.41) is 3.74. The van der Waals surface area contributed by atoms with Crippen LogP contribution in [0.15, 0.2) is 42.7 Å². The minimum Gasteiger partial charge on any atom is -0.345 e. The molecule has 0 bridgehead atoms. The van der Waals surface area contributed by atoms with Crippen LogP contribution in [0.4, 0.5) is 17.6 Å². The van der Waals surface area contributed by atoms with Gasteiger partial charge in [0.1, 0.15) is 12.4 Å². The SMILES string of the molecule is O=C(CNC(=O)c1ccc(-n2cccc2)c(F)c1)NCC(F)(F)F. The molecule has 2 aromatic rings. The molecule has 5 nitrogen and oxygen atoms in total. The number of hydrogen-bond acceptors (Lipinski definition) is 2. The summed E-state index contributed by atoms with van der Waals surface area (Å²) in [6.07, 6.45) is -1.27. The Morgan fingerprint density at radius 3 is 2.33 bits per heavy atom. The van der Waals surface area contributed by atoms with Crippen molar-refractivity contribution in [3.05, 3.63) is 54.1 Å². The molecule has 0 aliphatic heterocycles. The fourth-order valence-electron chi connectivity index (χ4n) is 1.88. The van der Waals surface area contributed by atoms with Crippen molar-refractivity contribution < 1.29 is 27.2 Å². The Hall–Kier alpha value is -2.84. The zero-order valence-electron chi connectivity index (χ0n) is 12.2. The molecule has 128 valence electrons. The van der Waals surface area contributed by atoms with Crippen LogP contribution in [0.1, 0.15) is 10.4 Å². The van der Waals surface area contributed by atoms with E-state index in [1.54, 1.807) is 29.8 Å². The summed E-state index contributed by atoms with van der Waals surface area (Å²) in [7, 11) is 0. The van der Waals surface area contributed by atoms with Crippen molar-refractivity contribution in [1.29, 1.82) is 0 Å². The molecule has 0 radical (unpaired) electrons. The zero-order chi connectivity index (χ0) is 17.7. The maximum atomic E-state index is 14.0. The van der Waals surface area contributed by atoms with E-state index in [9.17, 15) is 27.2 Å². The smallest absolute Gasteiger partial charge is 0.345 e. The minimum absolute atomic E-state index is 0.0490. The van der Waals surface area contributed by atoms with Crippen LogP contribution in [0.3, 0.4) is 0 Å². The third kappa shape index (κ3) is 4.83. The number of hydrogen-bond donors (Lipinski definition) is 2. The van der Waals surface area contributed by atoms with Gasteiger partial charge in [-0.25, -0.2) is 4.39 Å². The van der Waals surface area contributed by atoms with Gasteiger partial charge in [-0.05, 0) is 30.3 Å². The minimum atomic E-state index is -4.53. The first-order valence-electron chi connectivity index (χ1n) is 6.81. The van der Waals surface area contributed by atoms with Gasteiger partial charge < -0.3 is 15.2 Å². The molecule has 0 aliphatic rings. The van der Waals surface area contributed by atoms with Crippen molar-refractivity contribution in [3.8, 4) is 5.69 Å². The highest BCUT2D eigenvalue weighted by Crippen LogP contribution is 2.15. The van der Waals surface area contributed by atoms with Gasteiger partial charge in [0, 0.05) is 18.0 Å². The first-order chi connectivity index (χ1) is 11.3. The van der Waals surface area contributed by atoms with Crippen molar-refractivity contribution in [1.82, 2.24) is 15.2 Å². The van der Waals surface area contributed by atoms with Crippen molar-refractivity contribution in [2.75, 3.05) is 13.1 Å². The number of amides is 2. The summed E-state index contributed by atoms with van der Waals surface area (Å²) in [4.78, 5) is 23.0. The van der Waals surface area contributed by atoms with Gasteiger partial charge in [-0.1, -0.05) is 0 Å². The molecule has 1 heterocycles. The number of carbonyl (C=O) groups is 2. The summed E-state index contributed by atoms with van der Waals surface area (Å²) >= 11 is 0. The summed E-state index contributed by atoms with van der Waals surface area (Å²) in [6, 6.07) is 7.13. The lowest BCUT2D eigenvalue weighted by Crippen LogP contribution is -2.40. The second-order valence-corrected chi connectivity index (χ2v) is 4.83. The fourth-order valence-corrected chi connectivity index (χ4v) is 1.88. The molecule has 0 saturated carbocycles. The third-order valence-corrected chi connectivity index (χ3v) is 2.99. The summed E-state index contributed by atoms with van der Waals surface area (Å²) in [6.45, 7) is -2.13. The average Bonchev–Trinajstić information content (AvgIpc) is 3.03. The van der Waals surface area contributed by atoms with Crippen LogP contribution in [0.2, 0.25) is 0 Å². The van der Waals surface area contributed by atoms with Crippen molar-refractivity contribution in [2.24, 2.45) is 0 Å². The maximum Gasteiger partial charge on any atom is 0.405 e. The van der Waals surface area contributed by atoms with E-state index < -0.39 is 36.9 Å². The molecular formula is C15H13F4N3O2. The third-order valence-electron chi connectivity index (χ3n) is 2.99. The Balaban J connectivity index is 1.93. The maximum absolute atomic E-state index is 14.0. The molecule has 2 amide bonds. The summed E-state index contributed by atoms with van der Waals surface area (Å²) in [5.74, 6) is -2.42. The number of rotatable bonds is 5. The van der Waals surface area contributed by atoms with E-state index in [2.05, 4.69) is 5.32 Å². The zero-order valence-corrected chi connectivity index (χ0v) is 12.2. The van der Waals surface area contributed by atoms with E-state index in [1.165, 1.54) is 16.7 Å².